The summed E-state index contributed by atoms with van der Waals surface area (Å²) in [7, 11) is 0. The summed E-state index contributed by atoms with van der Waals surface area (Å²) in [6.07, 6.45) is 13.8. The van der Waals surface area contributed by atoms with Crippen molar-refractivity contribution in [1.29, 1.82) is 0 Å². The van der Waals surface area contributed by atoms with Gasteiger partial charge in [0.05, 0.1) is 0 Å². The highest BCUT2D eigenvalue weighted by Crippen LogP contribution is 2.36. The number of fused-ring (bicyclic) bond motifs is 2. The number of likely N-dealkylation sites (tertiary alicyclic amines) is 2. The van der Waals surface area contributed by atoms with Crippen molar-refractivity contribution in [1.82, 2.24) is 19.8 Å². The lowest BCUT2D eigenvalue weighted by Crippen LogP contribution is -2.54. The molecule has 0 N–H and O–H groups in total. The fraction of sp³-hybridized carbons (Fsp3) is 0.815. The van der Waals surface area contributed by atoms with E-state index >= 15 is 0 Å². The topological polar surface area (TPSA) is 52.6 Å². The minimum absolute atomic E-state index is 0.187. The number of Topliss-reactive ketones (excluding diaryl/α,β-unsaturated/α-hetero) is 1. The van der Waals surface area contributed by atoms with Gasteiger partial charge in [0.1, 0.15) is 5.78 Å². The van der Waals surface area contributed by atoms with Gasteiger partial charge in [-0.05, 0) is 82.5 Å². The lowest BCUT2D eigenvalue weighted by Gasteiger charge is -2.41. The number of anilines is 1. The van der Waals surface area contributed by atoms with Crippen LogP contribution in [0.25, 0.3) is 0 Å². The SMILES string of the molecule is CCN1CC2CCC(C1)N2c1ncc(C2CCN([C@H]3CC[C@H](C(=O)C(C)C)CC3)CC2)cn1. The molecule has 6 nitrogen and oxygen atoms in total. The monoisotopic (exact) mass is 453 g/mol. The van der Waals surface area contributed by atoms with E-state index in [1.165, 1.54) is 57.2 Å². The van der Waals surface area contributed by atoms with Gasteiger partial charge >= 0.3 is 0 Å². The normalized spacial score (nSPS) is 31.9. The predicted molar refractivity (Wildman–Crippen MR) is 133 cm³/mol. The Balaban J connectivity index is 1.12. The number of hydrogen-bond donors (Lipinski definition) is 0. The van der Waals surface area contributed by atoms with Gasteiger partial charge < -0.3 is 9.80 Å². The minimum Gasteiger partial charge on any atom is -0.332 e. The van der Waals surface area contributed by atoms with Crippen molar-refractivity contribution < 1.29 is 4.79 Å². The Bertz CT molecular complexity index is 781. The number of hydrogen-bond acceptors (Lipinski definition) is 6. The lowest BCUT2D eigenvalue weighted by molar-refractivity contribution is -0.127. The Labute approximate surface area is 200 Å². The molecule has 1 aromatic rings. The third kappa shape index (κ3) is 4.84. The molecule has 3 aliphatic heterocycles. The molecular weight excluding hydrogens is 410 g/mol. The van der Waals surface area contributed by atoms with Crippen LogP contribution in [-0.2, 0) is 4.79 Å². The number of carbonyl (C=O) groups excluding carboxylic acids is 1. The Kier molecular flexibility index (Phi) is 7.03. The summed E-state index contributed by atoms with van der Waals surface area (Å²) in [6.45, 7) is 12.2. The molecule has 2 atom stereocenters. The number of nitrogens with zero attached hydrogens (tertiary/aromatic N) is 5. The summed E-state index contributed by atoms with van der Waals surface area (Å²) in [4.78, 5) is 29.9. The van der Waals surface area contributed by atoms with Gasteiger partial charge in [-0.3, -0.25) is 9.69 Å². The van der Waals surface area contributed by atoms with Gasteiger partial charge in [-0.2, -0.15) is 0 Å². The third-order valence-corrected chi connectivity index (χ3v) is 9.08. The number of carbonyl (C=O) groups is 1. The van der Waals surface area contributed by atoms with Crippen LogP contribution in [0.3, 0.4) is 0 Å². The molecule has 5 rings (SSSR count). The maximum atomic E-state index is 12.3. The van der Waals surface area contributed by atoms with Crippen molar-refractivity contribution >= 4 is 11.7 Å². The van der Waals surface area contributed by atoms with E-state index in [2.05, 4.69) is 34.0 Å². The van der Waals surface area contributed by atoms with Crippen molar-refractivity contribution in [2.45, 2.75) is 96.2 Å². The highest BCUT2D eigenvalue weighted by atomic mass is 16.1. The van der Waals surface area contributed by atoms with E-state index in [0.29, 0.717) is 35.7 Å². The number of ketones is 1. The first-order chi connectivity index (χ1) is 16.0. The first-order valence-corrected chi connectivity index (χ1v) is 13.6. The van der Waals surface area contributed by atoms with Gasteiger partial charge in [-0.1, -0.05) is 20.8 Å². The summed E-state index contributed by atoms with van der Waals surface area (Å²) in [5.74, 6) is 2.52. The first-order valence-electron chi connectivity index (χ1n) is 13.6. The van der Waals surface area contributed by atoms with Crippen LogP contribution >= 0.6 is 0 Å². The summed E-state index contributed by atoms with van der Waals surface area (Å²) in [5.41, 5.74) is 1.32. The molecule has 0 spiro atoms. The highest BCUT2D eigenvalue weighted by molar-refractivity contribution is 5.82. The van der Waals surface area contributed by atoms with Crippen molar-refractivity contribution in [3.05, 3.63) is 18.0 Å². The van der Waals surface area contributed by atoms with Gasteiger partial charge in [0.15, 0.2) is 0 Å². The summed E-state index contributed by atoms with van der Waals surface area (Å²) >= 11 is 0. The fourth-order valence-corrected chi connectivity index (χ4v) is 7.05. The van der Waals surface area contributed by atoms with E-state index in [9.17, 15) is 4.79 Å². The van der Waals surface area contributed by atoms with Crippen LogP contribution in [-0.4, -0.2) is 76.4 Å². The van der Waals surface area contributed by atoms with Gasteiger partial charge in [-0.25, -0.2) is 9.97 Å². The zero-order chi connectivity index (χ0) is 22.9. The van der Waals surface area contributed by atoms with Crippen LogP contribution in [0, 0.1) is 11.8 Å². The van der Waals surface area contributed by atoms with Crippen molar-refractivity contribution in [2.75, 3.05) is 37.6 Å². The molecule has 1 saturated carbocycles. The van der Waals surface area contributed by atoms with E-state index in [4.69, 9.17) is 9.97 Å². The number of piperazine rings is 1. The van der Waals surface area contributed by atoms with Crippen LogP contribution in [0.15, 0.2) is 12.4 Å². The fourth-order valence-electron chi connectivity index (χ4n) is 7.05. The van der Waals surface area contributed by atoms with Gasteiger partial charge in [0.25, 0.3) is 0 Å². The molecule has 2 unspecified atom stereocenters. The average Bonchev–Trinajstić information content (AvgIpc) is 3.13. The predicted octanol–water partition coefficient (Wildman–Crippen LogP) is 4.11. The average molecular weight is 454 g/mol. The quantitative estimate of drug-likeness (QED) is 0.646. The molecule has 2 bridgehead atoms. The molecule has 4 aliphatic rings. The minimum atomic E-state index is 0.187. The second kappa shape index (κ2) is 9.99. The molecule has 182 valence electrons. The van der Waals surface area contributed by atoms with Crippen molar-refractivity contribution in [3.8, 4) is 0 Å². The van der Waals surface area contributed by atoms with Crippen molar-refractivity contribution in [3.63, 3.8) is 0 Å². The van der Waals surface area contributed by atoms with E-state index in [-0.39, 0.29) is 5.92 Å². The number of aromatic nitrogens is 2. The van der Waals surface area contributed by atoms with Crippen LogP contribution in [0.1, 0.15) is 83.6 Å². The molecule has 0 aromatic carbocycles. The number of likely N-dealkylation sites (N-methyl/N-ethyl adjacent to an activating group) is 1. The van der Waals surface area contributed by atoms with E-state index < -0.39 is 0 Å². The molecular formula is C27H43N5O. The molecule has 6 heteroatoms. The Hall–Kier alpha value is -1.53. The first kappa shape index (κ1) is 23.2. The standard InChI is InChI=1S/C27H43N5O/c1-4-30-17-24-9-10-25(18-30)32(24)27-28-15-22(16-29-27)20-11-13-31(14-12-20)23-7-5-21(6-8-23)26(33)19(2)3/h15-16,19-21,23-25H,4-14,17-18H2,1-3H3/t21-,23-,24?,25?. The molecule has 33 heavy (non-hydrogen) atoms. The number of piperidine rings is 1. The Morgan fingerprint density at radius 1 is 0.909 bits per heavy atom. The highest BCUT2D eigenvalue weighted by Gasteiger charge is 2.41. The lowest BCUT2D eigenvalue weighted by atomic mass is 9.79. The van der Waals surface area contributed by atoms with Crippen LogP contribution < -0.4 is 4.90 Å². The van der Waals surface area contributed by atoms with Gasteiger partial charge in [-0.15, -0.1) is 0 Å². The Morgan fingerprint density at radius 3 is 2.03 bits per heavy atom. The molecule has 4 heterocycles. The van der Waals surface area contributed by atoms with Crippen molar-refractivity contribution in [2.24, 2.45) is 11.8 Å². The molecule has 1 aliphatic carbocycles. The Morgan fingerprint density at radius 2 is 1.48 bits per heavy atom. The van der Waals surface area contributed by atoms with Crippen LogP contribution in [0.2, 0.25) is 0 Å². The zero-order valence-electron chi connectivity index (χ0n) is 21.0. The maximum Gasteiger partial charge on any atom is 0.225 e. The third-order valence-electron chi connectivity index (χ3n) is 9.08. The molecule has 0 radical (unpaired) electrons. The van der Waals surface area contributed by atoms with Gasteiger partial charge in [0.2, 0.25) is 5.95 Å². The second-order valence-electron chi connectivity index (χ2n) is 11.3. The van der Waals surface area contributed by atoms with E-state index in [1.54, 1.807) is 0 Å². The summed E-state index contributed by atoms with van der Waals surface area (Å²) in [6, 6.07) is 1.85. The van der Waals surface area contributed by atoms with E-state index in [1.807, 2.05) is 13.8 Å². The largest absolute Gasteiger partial charge is 0.332 e. The maximum absolute atomic E-state index is 12.3. The van der Waals surface area contributed by atoms with Crippen LogP contribution in [0.5, 0.6) is 0 Å². The number of rotatable bonds is 6. The van der Waals surface area contributed by atoms with E-state index in [0.717, 1.165) is 38.4 Å². The smallest absolute Gasteiger partial charge is 0.225 e. The molecule has 3 saturated heterocycles. The van der Waals surface area contributed by atoms with Gasteiger partial charge in [0, 0.05) is 55.4 Å². The molecule has 0 amide bonds. The molecule has 4 fully saturated rings. The summed E-state index contributed by atoms with van der Waals surface area (Å²) < 4.78 is 0. The second-order valence-corrected chi connectivity index (χ2v) is 11.3. The summed E-state index contributed by atoms with van der Waals surface area (Å²) in [5, 5.41) is 0. The molecule has 1 aromatic heterocycles. The zero-order valence-corrected chi connectivity index (χ0v) is 21.0. The van der Waals surface area contributed by atoms with Crippen LogP contribution in [0.4, 0.5) is 5.95 Å².